The van der Waals surface area contributed by atoms with Gasteiger partial charge < -0.3 is 40.1 Å². The minimum Gasteiger partial charge on any atom is -0.508 e. The minimum absolute atomic E-state index is 0.221. The Balaban J connectivity index is 0.000000156. The highest BCUT2D eigenvalue weighted by atomic mass is 32.1. The zero-order valence-corrected chi connectivity index (χ0v) is 36.7. The van der Waals surface area contributed by atoms with Gasteiger partial charge >= 0.3 is 0 Å². The Kier molecular flexibility index (Phi) is 12.9. The number of phenolic OH excluding ortho intramolecular Hbond substituents is 2. The predicted octanol–water partition coefficient (Wildman–Crippen LogP) is 5.86. The van der Waals surface area contributed by atoms with E-state index in [9.17, 15) is 10.2 Å². The number of anilines is 2. The van der Waals surface area contributed by atoms with E-state index in [-0.39, 0.29) is 11.5 Å². The first-order valence-electron chi connectivity index (χ1n) is 21.4. The van der Waals surface area contributed by atoms with Gasteiger partial charge in [0.15, 0.2) is 23.3 Å². The summed E-state index contributed by atoms with van der Waals surface area (Å²) in [5.41, 5.74) is 9.67. The predicted molar refractivity (Wildman–Crippen MR) is 245 cm³/mol. The second-order valence-electron chi connectivity index (χ2n) is 16.7. The van der Waals surface area contributed by atoms with Crippen molar-refractivity contribution in [3.63, 3.8) is 0 Å². The van der Waals surface area contributed by atoms with Crippen molar-refractivity contribution < 1.29 is 19.7 Å². The first-order valence-corrected chi connectivity index (χ1v) is 23.1. The average Bonchev–Trinajstić information content (AvgIpc) is 4.03. The lowest BCUT2D eigenvalue weighted by atomic mass is 10.1. The van der Waals surface area contributed by atoms with E-state index in [2.05, 4.69) is 50.7 Å². The van der Waals surface area contributed by atoms with E-state index in [0.29, 0.717) is 50.2 Å². The minimum atomic E-state index is 0.221. The van der Waals surface area contributed by atoms with Gasteiger partial charge in [-0.15, -0.1) is 22.7 Å². The van der Waals surface area contributed by atoms with E-state index < -0.39 is 0 Å². The van der Waals surface area contributed by atoms with Gasteiger partial charge in [-0.3, -0.25) is 9.80 Å². The third-order valence-corrected chi connectivity index (χ3v) is 14.2. The largest absolute Gasteiger partial charge is 0.508 e. The maximum absolute atomic E-state index is 9.94. The topological polar surface area (TPSA) is 153 Å². The molecule has 8 heterocycles. The summed E-state index contributed by atoms with van der Waals surface area (Å²) >= 11 is 3.60. The molecule has 1 unspecified atom stereocenters. The van der Waals surface area contributed by atoms with Gasteiger partial charge in [-0.2, -0.15) is 0 Å². The molecule has 4 aliphatic heterocycles. The number of phenols is 2. The molecule has 61 heavy (non-hydrogen) atoms. The molecular weight excluding hydrogens is 809 g/mol. The summed E-state index contributed by atoms with van der Waals surface area (Å²) in [4.78, 5) is 34.2. The zero-order valence-electron chi connectivity index (χ0n) is 35.1. The first-order chi connectivity index (χ1) is 29.7. The van der Waals surface area contributed by atoms with E-state index in [0.717, 1.165) is 121 Å². The molecule has 4 N–H and O–H groups in total. The van der Waals surface area contributed by atoms with Gasteiger partial charge in [0.05, 0.1) is 46.9 Å². The molecule has 0 aliphatic carbocycles. The average molecular weight is 865 g/mol. The molecule has 0 spiro atoms. The number of ether oxygens (including phenoxy) is 2. The summed E-state index contributed by atoms with van der Waals surface area (Å²) in [5.74, 6) is 3.70. The quantitative estimate of drug-likeness (QED) is 0.159. The van der Waals surface area contributed by atoms with Gasteiger partial charge in [0, 0.05) is 85.3 Å². The number of aromatic nitrogens is 4. The normalized spacial score (nSPS) is 19.6. The van der Waals surface area contributed by atoms with Gasteiger partial charge in [-0.1, -0.05) is 24.3 Å². The van der Waals surface area contributed by atoms with Crippen molar-refractivity contribution in [2.24, 2.45) is 5.73 Å². The summed E-state index contributed by atoms with van der Waals surface area (Å²) in [6.07, 6.45) is 3.34. The molecule has 0 amide bonds. The summed E-state index contributed by atoms with van der Waals surface area (Å²) in [6.45, 7) is 12.4. The summed E-state index contributed by atoms with van der Waals surface area (Å²) in [6, 6.07) is 19.7. The second-order valence-corrected chi connectivity index (χ2v) is 18.9. The van der Waals surface area contributed by atoms with Crippen molar-refractivity contribution in [2.75, 3.05) is 103 Å². The maximum atomic E-state index is 9.94. The molecule has 1 atom stereocenters. The number of morpholine rings is 2. The van der Waals surface area contributed by atoms with Crippen LogP contribution >= 0.6 is 22.7 Å². The van der Waals surface area contributed by atoms with Crippen LogP contribution in [0.25, 0.3) is 43.2 Å². The Morgan fingerprint density at radius 3 is 1.57 bits per heavy atom. The van der Waals surface area contributed by atoms with Crippen LogP contribution in [0.5, 0.6) is 11.5 Å². The van der Waals surface area contributed by atoms with Gasteiger partial charge in [0.2, 0.25) is 0 Å². The van der Waals surface area contributed by atoms with Gasteiger partial charge in [-0.25, -0.2) is 19.9 Å². The lowest BCUT2D eigenvalue weighted by Crippen LogP contribution is -2.39. The van der Waals surface area contributed by atoms with Crippen LogP contribution in [0.3, 0.4) is 0 Å². The monoisotopic (exact) mass is 864 g/mol. The van der Waals surface area contributed by atoms with Crippen LogP contribution in [-0.2, 0) is 22.6 Å². The third-order valence-electron chi connectivity index (χ3n) is 12.0. The number of aromatic hydroxyl groups is 2. The van der Waals surface area contributed by atoms with E-state index in [1.807, 2.05) is 35.6 Å². The first kappa shape index (κ1) is 41.8. The van der Waals surface area contributed by atoms with Crippen LogP contribution in [0.2, 0.25) is 0 Å². The number of piperidine rings is 1. The van der Waals surface area contributed by atoms with Crippen LogP contribution in [-0.4, -0.2) is 150 Å². The molecule has 0 radical (unpaired) electrons. The molecule has 322 valence electrons. The standard InChI is InChI=1S/C23H29N5O2S.C22H27N5O2S/c1-26(2)17-6-7-27(14-17)15-19-13-20-21(31-19)23(28-8-10-30-11-9-28)25-22(24-20)16-4-3-5-18(29)12-16;23-16-4-6-26(7-5-16)14-18-13-19-20(30-18)22(27-8-10-29-11-9-27)25-21(24-19)15-2-1-3-17(28)12-15/h3-5,12-13,17,29H,6-11,14-15H2,1-2H3;1-3,12-13,16,28H,4-11,14,23H2. The van der Waals surface area contributed by atoms with E-state index in [4.69, 9.17) is 35.1 Å². The summed E-state index contributed by atoms with van der Waals surface area (Å²) in [5, 5.41) is 19.9. The van der Waals surface area contributed by atoms with Crippen molar-refractivity contribution in [2.45, 2.75) is 44.4 Å². The number of hydrogen-bond acceptors (Lipinski definition) is 16. The number of hydrogen-bond donors (Lipinski definition) is 3. The number of benzene rings is 2. The molecular formula is C45H56N10O4S2. The molecule has 6 aromatic rings. The Morgan fingerprint density at radius 2 is 1.11 bits per heavy atom. The fourth-order valence-electron chi connectivity index (χ4n) is 8.54. The van der Waals surface area contributed by atoms with Crippen LogP contribution < -0.4 is 15.5 Å². The van der Waals surface area contributed by atoms with Crippen LogP contribution in [0.4, 0.5) is 11.6 Å². The van der Waals surface area contributed by atoms with Crippen molar-refractivity contribution in [3.8, 4) is 34.3 Å². The smallest absolute Gasteiger partial charge is 0.162 e. The van der Waals surface area contributed by atoms with Crippen molar-refractivity contribution >= 4 is 54.7 Å². The molecule has 16 heteroatoms. The van der Waals surface area contributed by atoms with Crippen LogP contribution in [0.15, 0.2) is 60.7 Å². The van der Waals surface area contributed by atoms with Crippen LogP contribution in [0, 0.1) is 0 Å². The molecule has 0 saturated carbocycles. The van der Waals surface area contributed by atoms with Gasteiger partial charge in [-0.05, 0) is 82.8 Å². The molecule has 2 aromatic carbocycles. The Bertz CT molecular complexity index is 2420. The number of likely N-dealkylation sites (tertiary alicyclic amines) is 2. The van der Waals surface area contributed by atoms with Gasteiger partial charge in [0.25, 0.3) is 0 Å². The lowest BCUT2D eigenvalue weighted by Gasteiger charge is -2.29. The highest BCUT2D eigenvalue weighted by Crippen LogP contribution is 2.37. The van der Waals surface area contributed by atoms with E-state index >= 15 is 0 Å². The fourth-order valence-corrected chi connectivity index (χ4v) is 10.9. The Morgan fingerprint density at radius 1 is 0.639 bits per heavy atom. The Hall–Kier alpha value is -4.52. The summed E-state index contributed by atoms with van der Waals surface area (Å²) < 4.78 is 13.4. The van der Waals surface area contributed by atoms with Crippen molar-refractivity contribution in [1.29, 1.82) is 0 Å². The SMILES string of the molecule is CN(C)C1CCN(Cc2cc3nc(-c4cccc(O)c4)nc(N4CCOCC4)c3s2)C1.NC1CCN(Cc2cc3nc(-c4cccc(O)c4)nc(N4CCOCC4)c3s2)CC1. The lowest BCUT2D eigenvalue weighted by molar-refractivity contribution is 0.122. The van der Waals surface area contributed by atoms with Crippen molar-refractivity contribution in [1.82, 2.24) is 34.6 Å². The summed E-state index contributed by atoms with van der Waals surface area (Å²) in [7, 11) is 4.33. The van der Waals surface area contributed by atoms with Crippen molar-refractivity contribution in [3.05, 3.63) is 70.4 Å². The third kappa shape index (κ3) is 9.92. The number of nitrogens with two attached hydrogens (primary N) is 1. The fraction of sp³-hybridized carbons (Fsp3) is 0.467. The highest BCUT2D eigenvalue weighted by Gasteiger charge is 2.26. The Labute approximate surface area is 365 Å². The number of thiophene rings is 2. The number of fused-ring (bicyclic) bond motifs is 2. The molecule has 4 fully saturated rings. The molecule has 4 saturated heterocycles. The van der Waals surface area contributed by atoms with Crippen LogP contribution in [0.1, 0.15) is 29.0 Å². The second kappa shape index (κ2) is 18.8. The van der Waals surface area contributed by atoms with E-state index in [1.165, 1.54) is 16.2 Å². The number of rotatable bonds is 9. The molecule has 10 rings (SSSR count). The number of nitrogens with zero attached hydrogens (tertiary/aromatic N) is 9. The highest BCUT2D eigenvalue weighted by molar-refractivity contribution is 7.20. The van der Waals surface area contributed by atoms with Gasteiger partial charge in [0.1, 0.15) is 11.5 Å². The zero-order chi connectivity index (χ0) is 41.9. The number of likely N-dealkylation sites (N-methyl/N-ethyl adjacent to an activating group) is 1. The molecule has 4 aromatic heterocycles. The van der Waals surface area contributed by atoms with E-state index in [1.54, 1.807) is 35.6 Å². The maximum Gasteiger partial charge on any atom is 0.162 e. The molecule has 4 aliphatic rings. The molecule has 0 bridgehead atoms. The molecule has 14 nitrogen and oxygen atoms in total.